The van der Waals surface area contributed by atoms with E-state index >= 15 is 0 Å². The molecule has 0 aromatic heterocycles. The smallest absolute Gasteiger partial charge is 0.228 e. The highest BCUT2D eigenvalue weighted by molar-refractivity contribution is 5.82. The second-order valence-electron chi connectivity index (χ2n) is 12.8. The van der Waals surface area contributed by atoms with Crippen molar-refractivity contribution < 1.29 is 18.4 Å². The van der Waals surface area contributed by atoms with Crippen molar-refractivity contribution >= 4 is 11.8 Å². The SMILES string of the molecule is C[C@@H]1CN(C(=O)[C@@H]2CN(C(C)(C)C)C[C@H]2c2ccc(F)cc2F)[C@@H](C)CN1C(=O)CCC(C)(C)C. The molecule has 196 valence electrons. The lowest BCUT2D eigenvalue weighted by Gasteiger charge is -2.45. The highest BCUT2D eigenvalue weighted by atomic mass is 19.1. The number of amides is 2. The summed E-state index contributed by atoms with van der Waals surface area (Å²) in [5.41, 5.74) is 0.308. The van der Waals surface area contributed by atoms with Crippen LogP contribution in [0.4, 0.5) is 8.78 Å². The first-order chi connectivity index (χ1) is 16.1. The minimum Gasteiger partial charge on any atom is -0.336 e. The molecule has 0 N–H and O–H groups in total. The largest absolute Gasteiger partial charge is 0.336 e. The van der Waals surface area contributed by atoms with E-state index < -0.39 is 17.6 Å². The first-order valence-electron chi connectivity index (χ1n) is 12.9. The normalized spacial score (nSPS) is 26.3. The zero-order chi connectivity index (χ0) is 26.3. The number of hydrogen-bond donors (Lipinski definition) is 0. The summed E-state index contributed by atoms with van der Waals surface area (Å²) in [4.78, 5) is 32.9. The van der Waals surface area contributed by atoms with Gasteiger partial charge in [0.1, 0.15) is 11.6 Å². The van der Waals surface area contributed by atoms with Crippen molar-refractivity contribution in [3.8, 4) is 0 Å². The van der Waals surface area contributed by atoms with Gasteiger partial charge in [-0.1, -0.05) is 26.8 Å². The molecule has 0 unspecified atom stereocenters. The van der Waals surface area contributed by atoms with E-state index in [1.807, 2.05) is 23.6 Å². The van der Waals surface area contributed by atoms with Crippen LogP contribution in [0.5, 0.6) is 0 Å². The molecule has 0 aliphatic carbocycles. The quantitative estimate of drug-likeness (QED) is 0.592. The third-order valence-electron chi connectivity index (χ3n) is 7.63. The van der Waals surface area contributed by atoms with E-state index in [1.54, 1.807) is 0 Å². The Labute approximate surface area is 209 Å². The van der Waals surface area contributed by atoms with Gasteiger partial charge in [0.05, 0.1) is 5.92 Å². The predicted octanol–water partition coefficient (Wildman–Crippen LogP) is 5.05. The van der Waals surface area contributed by atoms with Crippen molar-refractivity contribution in [2.24, 2.45) is 11.3 Å². The maximum Gasteiger partial charge on any atom is 0.228 e. The van der Waals surface area contributed by atoms with Crippen LogP contribution in [0.15, 0.2) is 18.2 Å². The fraction of sp³-hybridized carbons (Fsp3) is 0.714. The van der Waals surface area contributed by atoms with E-state index in [1.165, 1.54) is 12.1 Å². The molecule has 0 spiro atoms. The average Bonchev–Trinajstić information content (AvgIpc) is 3.18. The number of likely N-dealkylation sites (tertiary alicyclic amines) is 1. The van der Waals surface area contributed by atoms with Crippen LogP contribution in [0.25, 0.3) is 0 Å². The third kappa shape index (κ3) is 6.41. The standard InChI is InChI=1S/C28H43F2N3O2/c1-18-15-33(19(2)14-32(18)25(34)11-12-27(3,4)5)26(35)23-17-31(28(6,7)8)16-22(23)21-10-9-20(29)13-24(21)30/h9-10,13,18-19,22-23H,11-12,14-17H2,1-8H3/t18-,19+,22+,23-/m1/s1. The summed E-state index contributed by atoms with van der Waals surface area (Å²) in [5.74, 6) is -1.86. The Hall–Kier alpha value is -2.02. The summed E-state index contributed by atoms with van der Waals surface area (Å²) in [7, 11) is 0. The average molecular weight is 492 g/mol. The third-order valence-corrected chi connectivity index (χ3v) is 7.63. The number of nitrogens with zero attached hydrogens (tertiary/aromatic N) is 3. The van der Waals surface area contributed by atoms with Gasteiger partial charge in [0.15, 0.2) is 0 Å². The number of hydrogen-bond acceptors (Lipinski definition) is 3. The lowest BCUT2D eigenvalue weighted by Crippen LogP contribution is -2.60. The summed E-state index contributed by atoms with van der Waals surface area (Å²) in [6, 6.07) is 3.46. The zero-order valence-electron chi connectivity index (χ0n) is 22.7. The Morgan fingerprint density at radius 2 is 1.51 bits per heavy atom. The highest BCUT2D eigenvalue weighted by Gasteiger charge is 2.46. The second kappa shape index (κ2) is 10.2. The number of piperazine rings is 1. The molecule has 4 atom stereocenters. The van der Waals surface area contributed by atoms with Gasteiger partial charge < -0.3 is 9.80 Å². The number of rotatable bonds is 4. The fourth-order valence-corrected chi connectivity index (χ4v) is 5.34. The van der Waals surface area contributed by atoms with E-state index in [0.29, 0.717) is 38.2 Å². The molecular weight excluding hydrogens is 448 g/mol. The molecule has 0 radical (unpaired) electrons. The molecule has 0 saturated carbocycles. The fourth-order valence-electron chi connectivity index (χ4n) is 5.34. The summed E-state index contributed by atoms with van der Waals surface area (Å²) in [5, 5.41) is 0. The number of carbonyl (C=O) groups excluding carboxylic acids is 2. The molecule has 3 rings (SSSR count). The van der Waals surface area contributed by atoms with Crippen molar-refractivity contribution in [1.82, 2.24) is 14.7 Å². The Morgan fingerprint density at radius 3 is 2.09 bits per heavy atom. The van der Waals surface area contributed by atoms with Gasteiger partial charge in [0.2, 0.25) is 11.8 Å². The van der Waals surface area contributed by atoms with Crippen LogP contribution < -0.4 is 0 Å². The van der Waals surface area contributed by atoms with Crippen LogP contribution in [0.3, 0.4) is 0 Å². The van der Waals surface area contributed by atoms with E-state index in [0.717, 1.165) is 12.5 Å². The molecule has 2 aliphatic heterocycles. The molecule has 35 heavy (non-hydrogen) atoms. The molecule has 1 aromatic carbocycles. The Balaban J connectivity index is 1.80. The maximum atomic E-state index is 14.8. The van der Waals surface area contributed by atoms with Crippen LogP contribution in [0, 0.1) is 23.0 Å². The topological polar surface area (TPSA) is 43.9 Å². The summed E-state index contributed by atoms with van der Waals surface area (Å²) in [6.45, 7) is 18.7. The number of carbonyl (C=O) groups is 2. The van der Waals surface area contributed by atoms with E-state index in [2.05, 4.69) is 46.4 Å². The summed E-state index contributed by atoms with van der Waals surface area (Å²) in [6.07, 6.45) is 1.32. The molecule has 1 aromatic rings. The van der Waals surface area contributed by atoms with Crippen LogP contribution in [0.1, 0.15) is 79.7 Å². The molecule has 5 nitrogen and oxygen atoms in total. The molecule has 2 aliphatic rings. The van der Waals surface area contributed by atoms with Gasteiger partial charge in [-0.15, -0.1) is 0 Å². The van der Waals surface area contributed by atoms with Gasteiger partial charge in [-0.2, -0.15) is 0 Å². The summed E-state index contributed by atoms with van der Waals surface area (Å²) >= 11 is 0. The van der Waals surface area contributed by atoms with Gasteiger partial charge in [-0.05, 0) is 58.1 Å². The predicted molar refractivity (Wildman–Crippen MR) is 135 cm³/mol. The van der Waals surface area contributed by atoms with Crippen LogP contribution >= 0.6 is 0 Å². The molecule has 2 saturated heterocycles. The highest BCUT2D eigenvalue weighted by Crippen LogP contribution is 2.39. The molecule has 7 heteroatoms. The van der Waals surface area contributed by atoms with Crippen molar-refractivity contribution in [3.63, 3.8) is 0 Å². The molecular formula is C28H43F2N3O2. The monoisotopic (exact) mass is 491 g/mol. The van der Waals surface area contributed by atoms with Gasteiger partial charge >= 0.3 is 0 Å². The van der Waals surface area contributed by atoms with Crippen molar-refractivity contribution in [1.29, 1.82) is 0 Å². The Morgan fingerprint density at radius 1 is 0.914 bits per heavy atom. The minimum absolute atomic E-state index is 0.00776. The Kier molecular flexibility index (Phi) is 8.00. The van der Waals surface area contributed by atoms with Gasteiger partial charge in [0.25, 0.3) is 0 Å². The summed E-state index contributed by atoms with van der Waals surface area (Å²) < 4.78 is 28.4. The second-order valence-corrected chi connectivity index (χ2v) is 12.8. The Bertz CT molecular complexity index is 937. The van der Waals surface area contributed by atoms with Crippen LogP contribution in [-0.4, -0.2) is 70.3 Å². The van der Waals surface area contributed by atoms with Crippen LogP contribution in [0.2, 0.25) is 0 Å². The van der Waals surface area contributed by atoms with Gasteiger partial charge in [0, 0.05) is 62.2 Å². The zero-order valence-corrected chi connectivity index (χ0v) is 22.7. The molecule has 2 amide bonds. The van der Waals surface area contributed by atoms with Crippen molar-refractivity contribution in [3.05, 3.63) is 35.4 Å². The van der Waals surface area contributed by atoms with E-state index in [-0.39, 0.29) is 40.8 Å². The maximum absolute atomic E-state index is 14.8. The molecule has 2 heterocycles. The lowest BCUT2D eigenvalue weighted by atomic mass is 9.86. The first-order valence-corrected chi connectivity index (χ1v) is 12.9. The minimum atomic E-state index is -0.616. The molecule has 2 fully saturated rings. The van der Waals surface area contributed by atoms with Gasteiger partial charge in [-0.25, -0.2) is 8.78 Å². The molecule has 0 bridgehead atoms. The number of halogens is 2. The van der Waals surface area contributed by atoms with Crippen LogP contribution in [-0.2, 0) is 9.59 Å². The number of benzene rings is 1. The van der Waals surface area contributed by atoms with E-state index in [4.69, 9.17) is 0 Å². The van der Waals surface area contributed by atoms with Crippen molar-refractivity contribution in [2.45, 2.75) is 91.8 Å². The first kappa shape index (κ1) is 27.6. The van der Waals surface area contributed by atoms with Gasteiger partial charge in [-0.3, -0.25) is 14.5 Å². The van der Waals surface area contributed by atoms with E-state index in [9.17, 15) is 18.4 Å². The lowest BCUT2D eigenvalue weighted by molar-refractivity contribution is -0.148. The van der Waals surface area contributed by atoms with Crippen molar-refractivity contribution in [2.75, 3.05) is 26.2 Å².